The summed E-state index contributed by atoms with van der Waals surface area (Å²) in [5.41, 5.74) is 1.44. The summed E-state index contributed by atoms with van der Waals surface area (Å²) < 4.78 is 0. The maximum atomic E-state index is 12.8. The number of amides is 2. The van der Waals surface area contributed by atoms with E-state index in [9.17, 15) is 9.59 Å². The maximum absolute atomic E-state index is 12.8. The first-order valence-corrected chi connectivity index (χ1v) is 9.69. The molecule has 4 nitrogen and oxygen atoms in total. The molecule has 5 heteroatoms. The Hall–Kier alpha value is -2.27. The highest BCUT2D eigenvalue weighted by molar-refractivity contribution is 7.98. The predicted octanol–water partition coefficient (Wildman–Crippen LogP) is 3.44. The van der Waals surface area contributed by atoms with Crippen molar-refractivity contribution in [3.05, 3.63) is 65.7 Å². The van der Waals surface area contributed by atoms with E-state index in [0.29, 0.717) is 18.7 Å². The van der Waals surface area contributed by atoms with E-state index in [0.717, 1.165) is 23.3 Å². The Bertz CT molecular complexity index is 740. The van der Waals surface area contributed by atoms with E-state index in [1.807, 2.05) is 65.8 Å². The summed E-state index contributed by atoms with van der Waals surface area (Å²) in [4.78, 5) is 27.9. The SMILES string of the molecule is CSc1ccccc1C(=O)N1CCC(NC(=O)c2ccccc2)CC1. The van der Waals surface area contributed by atoms with Gasteiger partial charge in [-0.1, -0.05) is 30.3 Å². The molecule has 0 aromatic heterocycles. The van der Waals surface area contributed by atoms with Crippen LogP contribution < -0.4 is 5.32 Å². The first kappa shape index (κ1) is 17.5. The van der Waals surface area contributed by atoms with E-state index >= 15 is 0 Å². The van der Waals surface area contributed by atoms with Crippen LogP contribution in [0.2, 0.25) is 0 Å². The van der Waals surface area contributed by atoms with E-state index in [1.165, 1.54) is 0 Å². The first-order valence-electron chi connectivity index (χ1n) is 8.47. The number of thioether (sulfide) groups is 1. The van der Waals surface area contributed by atoms with Crippen molar-refractivity contribution >= 4 is 23.6 Å². The Morgan fingerprint density at radius 3 is 2.32 bits per heavy atom. The van der Waals surface area contributed by atoms with Crippen LogP contribution in [0.3, 0.4) is 0 Å². The molecule has 0 saturated carbocycles. The quantitative estimate of drug-likeness (QED) is 0.856. The van der Waals surface area contributed by atoms with Gasteiger partial charge in [0.05, 0.1) is 5.56 Å². The van der Waals surface area contributed by atoms with Gasteiger partial charge in [0.15, 0.2) is 0 Å². The van der Waals surface area contributed by atoms with Gasteiger partial charge < -0.3 is 10.2 Å². The third-order valence-electron chi connectivity index (χ3n) is 4.49. The second-order valence-corrected chi connectivity index (χ2v) is 6.95. The molecule has 0 spiro atoms. The first-order chi connectivity index (χ1) is 12.2. The molecule has 1 aliphatic rings. The van der Waals surface area contributed by atoms with Crippen molar-refractivity contribution in [2.24, 2.45) is 0 Å². The van der Waals surface area contributed by atoms with Crippen molar-refractivity contribution in [1.29, 1.82) is 0 Å². The molecule has 130 valence electrons. The molecule has 0 aliphatic carbocycles. The Kier molecular flexibility index (Phi) is 5.76. The fourth-order valence-corrected chi connectivity index (χ4v) is 3.67. The minimum atomic E-state index is -0.0434. The molecular weight excluding hydrogens is 332 g/mol. The molecule has 25 heavy (non-hydrogen) atoms. The highest BCUT2D eigenvalue weighted by Gasteiger charge is 2.25. The van der Waals surface area contributed by atoms with Gasteiger partial charge in [0.25, 0.3) is 11.8 Å². The molecule has 2 amide bonds. The van der Waals surface area contributed by atoms with Crippen LogP contribution in [-0.4, -0.2) is 42.1 Å². The van der Waals surface area contributed by atoms with Gasteiger partial charge in [-0.25, -0.2) is 0 Å². The summed E-state index contributed by atoms with van der Waals surface area (Å²) in [6, 6.07) is 17.1. The average molecular weight is 354 g/mol. The minimum Gasteiger partial charge on any atom is -0.349 e. The molecule has 1 saturated heterocycles. The molecule has 0 atom stereocenters. The molecule has 1 fully saturated rings. The number of nitrogens with one attached hydrogen (secondary N) is 1. The van der Waals surface area contributed by atoms with Crippen molar-refractivity contribution in [2.45, 2.75) is 23.8 Å². The normalized spacial score (nSPS) is 15.0. The lowest BCUT2D eigenvalue weighted by atomic mass is 10.0. The van der Waals surface area contributed by atoms with E-state index in [1.54, 1.807) is 11.8 Å². The summed E-state index contributed by atoms with van der Waals surface area (Å²) in [5.74, 6) is 0.0379. The third kappa shape index (κ3) is 4.23. The molecular formula is C20H22N2O2S. The smallest absolute Gasteiger partial charge is 0.254 e. The van der Waals surface area contributed by atoms with Crippen LogP contribution in [0.25, 0.3) is 0 Å². The molecule has 1 N–H and O–H groups in total. The standard InChI is InChI=1S/C20H22N2O2S/c1-25-18-10-6-5-9-17(18)20(24)22-13-11-16(12-14-22)21-19(23)15-7-3-2-4-8-15/h2-10,16H,11-14H2,1H3,(H,21,23). The lowest BCUT2D eigenvalue weighted by molar-refractivity contribution is 0.0694. The Labute approximate surface area is 152 Å². The number of piperidine rings is 1. The number of hydrogen-bond acceptors (Lipinski definition) is 3. The molecule has 2 aromatic carbocycles. The van der Waals surface area contributed by atoms with Gasteiger partial charge in [-0.05, 0) is 43.4 Å². The number of likely N-dealkylation sites (tertiary alicyclic amines) is 1. The third-order valence-corrected chi connectivity index (χ3v) is 5.29. The zero-order chi connectivity index (χ0) is 17.6. The van der Waals surface area contributed by atoms with E-state index < -0.39 is 0 Å². The van der Waals surface area contributed by atoms with Crippen molar-refractivity contribution in [2.75, 3.05) is 19.3 Å². The van der Waals surface area contributed by atoms with Crippen LogP contribution in [0.4, 0.5) is 0 Å². The molecule has 1 aliphatic heterocycles. The monoisotopic (exact) mass is 354 g/mol. The molecule has 0 radical (unpaired) electrons. The summed E-state index contributed by atoms with van der Waals surface area (Å²) in [5, 5.41) is 3.08. The Morgan fingerprint density at radius 2 is 1.64 bits per heavy atom. The van der Waals surface area contributed by atoms with Gasteiger partial charge in [-0.3, -0.25) is 9.59 Å². The van der Waals surface area contributed by atoms with Gasteiger partial charge >= 0.3 is 0 Å². The fraction of sp³-hybridized carbons (Fsp3) is 0.300. The molecule has 3 rings (SSSR count). The summed E-state index contributed by atoms with van der Waals surface area (Å²) in [6.45, 7) is 1.34. The van der Waals surface area contributed by atoms with Crippen molar-refractivity contribution in [1.82, 2.24) is 10.2 Å². The Morgan fingerprint density at radius 1 is 1.00 bits per heavy atom. The maximum Gasteiger partial charge on any atom is 0.254 e. The average Bonchev–Trinajstić information content (AvgIpc) is 2.68. The van der Waals surface area contributed by atoms with Crippen molar-refractivity contribution in [3.63, 3.8) is 0 Å². The second kappa shape index (κ2) is 8.21. The number of rotatable bonds is 4. The van der Waals surface area contributed by atoms with Gasteiger partial charge in [-0.2, -0.15) is 0 Å². The largest absolute Gasteiger partial charge is 0.349 e. The summed E-state index contributed by atoms with van der Waals surface area (Å²) >= 11 is 1.59. The lowest BCUT2D eigenvalue weighted by Gasteiger charge is -2.32. The number of nitrogens with zero attached hydrogens (tertiary/aromatic N) is 1. The summed E-state index contributed by atoms with van der Waals surface area (Å²) in [7, 11) is 0. The number of carbonyl (C=O) groups excluding carboxylic acids is 2. The Balaban J connectivity index is 1.57. The van der Waals surface area contributed by atoms with Crippen LogP contribution in [-0.2, 0) is 0 Å². The zero-order valence-corrected chi connectivity index (χ0v) is 15.1. The lowest BCUT2D eigenvalue weighted by Crippen LogP contribution is -2.46. The van der Waals surface area contributed by atoms with Gasteiger partial charge in [0, 0.05) is 29.6 Å². The van der Waals surface area contributed by atoms with Crippen LogP contribution in [0.1, 0.15) is 33.6 Å². The van der Waals surface area contributed by atoms with Gasteiger partial charge in [0.1, 0.15) is 0 Å². The van der Waals surface area contributed by atoms with Crippen LogP contribution in [0.5, 0.6) is 0 Å². The van der Waals surface area contributed by atoms with E-state index in [4.69, 9.17) is 0 Å². The highest BCUT2D eigenvalue weighted by atomic mass is 32.2. The van der Waals surface area contributed by atoms with Gasteiger partial charge in [-0.15, -0.1) is 11.8 Å². The van der Waals surface area contributed by atoms with E-state index in [2.05, 4.69) is 5.32 Å². The second-order valence-electron chi connectivity index (χ2n) is 6.11. The molecule has 0 bridgehead atoms. The van der Waals surface area contributed by atoms with Gasteiger partial charge in [0.2, 0.25) is 0 Å². The highest BCUT2D eigenvalue weighted by Crippen LogP contribution is 2.23. The predicted molar refractivity (Wildman–Crippen MR) is 101 cm³/mol. The number of benzene rings is 2. The topological polar surface area (TPSA) is 49.4 Å². The minimum absolute atomic E-state index is 0.0434. The van der Waals surface area contributed by atoms with Crippen molar-refractivity contribution < 1.29 is 9.59 Å². The summed E-state index contributed by atoms with van der Waals surface area (Å²) in [6.07, 6.45) is 3.55. The fourth-order valence-electron chi connectivity index (χ4n) is 3.08. The zero-order valence-electron chi connectivity index (χ0n) is 14.3. The number of carbonyl (C=O) groups is 2. The van der Waals surface area contributed by atoms with Crippen LogP contribution in [0.15, 0.2) is 59.5 Å². The van der Waals surface area contributed by atoms with Crippen molar-refractivity contribution in [3.8, 4) is 0 Å². The molecule has 2 aromatic rings. The molecule has 1 heterocycles. The molecule has 0 unspecified atom stereocenters. The van der Waals surface area contributed by atoms with Crippen LogP contribution >= 0.6 is 11.8 Å². The van der Waals surface area contributed by atoms with Crippen LogP contribution in [0, 0.1) is 0 Å². The number of hydrogen-bond donors (Lipinski definition) is 1. The van der Waals surface area contributed by atoms with E-state index in [-0.39, 0.29) is 17.9 Å².